The lowest BCUT2D eigenvalue weighted by molar-refractivity contribution is 0.194. The number of carbonyl (C=O) groups is 2. The fraction of sp³-hybridized carbons (Fsp3) is 0.458. The number of benzene rings is 7. The van der Waals surface area contributed by atoms with Crippen LogP contribution in [-0.4, -0.2) is 28.5 Å². The van der Waals surface area contributed by atoms with Gasteiger partial charge in [-0.25, -0.2) is 14.4 Å². The number of aliphatic imine (C=N–C) groups is 1. The first-order chi connectivity index (χ1) is 44.5. The third kappa shape index (κ3) is 24.8. The van der Waals surface area contributed by atoms with Crippen molar-refractivity contribution in [1.82, 2.24) is 10.6 Å². The van der Waals surface area contributed by atoms with E-state index in [0.29, 0.717) is 58.8 Å². The minimum absolute atomic E-state index is 0.0753. The molecule has 7 aromatic rings. The average molecular weight is 1270 g/mol. The Labute approximate surface area is 561 Å². The molecule has 0 heterocycles. The third-order valence-corrected chi connectivity index (χ3v) is 18.7. The molecule has 0 saturated heterocycles. The molecular formula is C83H115N3O7. The van der Waals surface area contributed by atoms with E-state index in [0.717, 1.165) is 124 Å². The molecule has 10 nitrogen and oxygen atoms in total. The molecule has 504 valence electrons. The minimum atomic E-state index is -0.401. The van der Waals surface area contributed by atoms with E-state index in [1.54, 1.807) is 6.08 Å². The second-order valence-corrected chi connectivity index (χ2v) is 25.2. The summed E-state index contributed by atoms with van der Waals surface area (Å²) in [6.45, 7) is 40.4. The first kappa shape index (κ1) is 79.3. The summed E-state index contributed by atoms with van der Waals surface area (Å²) in [5, 5.41) is 26.3. The minimum Gasteiger partial charge on any atom is -0.507 e. The van der Waals surface area contributed by atoms with Crippen LogP contribution in [-0.2, 0) is 4.79 Å². The molecule has 4 N–H and O–H groups in total. The monoisotopic (exact) mass is 1270 g/mol. The first-order valence-electron chi connectivity index (χ1n) is 34.6. The number of phenolic OH excluding ortho intramolecular Hbond substituents is 2. The van der Waals surface area contributed by atoms with E-state index >= 15 is 0 Å². The maximum atomic E-state index is 12.6. The second kappa shape index (κ2) is 42.3. The van der Waals surface area contributed by atoms with Gasteiger partial charge in [0.05, 0.1) is 18.1 Å². The van der Waals surface area contributed by atoms with Gasteiger partial charge in [0, 0.05) is 0 Å². The number of amides is 2. The number of aromatic hydroxyl groups is 2. The number of rotatable bonds is 24. The number of carbonyl (C=O) groups excluding carboxylic acids is 3. The highest BCUT2D eigenvalue weighted by Gasteiger charge is 2.24. The molecule has 7 aromatic carbocycles. The summed E-state index contributed by atoms with van der Waals surface area (Å²) < 4.78 is 11.7. The first-order valence-corrected chi connectivity index (χ1v) is 34.6. The van der Waals surface area contributed by atoms with Crippen LogP contribution in [0.2, 0.25) is 0 Å². The van der Waals surface area contributed by atoms with E-state index in [1.807, 2.05) is 136 Å². The highest BCUT2D eigenvalue weighted by atomic mass is 16.6. The van der Waals surface area contributed by atoms with Gasteiger partial charge in [-0.3, -0.25) is 0 Å². The van der Waals surface area contributed by atoms with Crippen molar-refractivity contribution in [1.29, 1.82) is 0 Å². The molecule has 93 heavy (non-hydrogen) atoms. The second-order valence-electron chi connectivity index (χ2n) is 25.2. The molecule has 0 aliphatic carbocycles. The Morgan fingerprint density at radius 1 is 0.344 bits per heavy atom. The highest BCUT2D eigenvalue weighted by molar-refractivity contribution is 5.73. The van der Waals surface area contributed by atoms with E-state index < -0.39 is 12.2 Å². The van der Waals surface area contributed by atoms with E-state index in [9.17, 15) is 24.6 Å². The van der Waals surface area contributed by atoms with Crippen molar-refractivity contribution in [3.8, 4) is 23.0 Å². The summed E-state index contributed by atoms with van der Waals surface area (Å²) in [5.41, 5.74) is 11.9. The SMILES string of the molecule is CCC(C)c1cccc(C(C)CC)c1O.CCC(C)c1cccc(C(C)CC)c1O.CCC(C)c1cccc(C(C)CC)c1OC(=O)N[C@H](C)c1ccccc1.CCC(C)c1cccc(C(C)CC)c1OC(=O)N[C@H](C)c1ccccc1.C[C@@H](N=C=O)c1ccccc1. The smallest absolute Gasteiger partial charge is 0.413 e. The lowest BCUT2D eigenvalue weighted by Crippen LogP contribution is -2.30. The van der Waals surface area contributed by atoms with Gasteiger partial charge in [-0.2, -0.15) is 4.99 Å². The Morgan fingerprint density at radius 2 is 0.559 bits per heavy atom. The number of nitrogens with zero attached hydrogens (tertiary/aromatic N) is 1. The van der Waals surface area contributed by atoms with Crippen molar-refractivity contribution in [3.05, 3.63) is 225 Å². The molecule has 7 rings (SSSR count). The summed E-state index contributed by atoms with van der Waals surface area (Å²) in [5.74, 6) is 5.61. The number of para-hydroxylation sites is 4. The zero-order chi connectivity index (χ0) is 69.2. The number of nitrogens with one attached hydrogen (secondary N) is 2. The van der Waals surface area contributed by atoms with Crippen molar-refractivity contribution in [2.24, 2.45) is 4.99 Å². The molecular weight excluding hydrogens is 1150 g/mol. The van der Waals surface area contributed by atoms with Gasteiger partial charge >= 0.3 is 12.2 Å². The van der Waals surface area contributed by atoms with Gasteiger partial charge < -0.3 is 30.3 Å². The van der Waals surface area contributed by atoms with Crippen molar-refractivity contribution in [3.63, 3.8) is 0 Å². The van der Waals surface area contributed by atoms with Crippen molar-refractivity contribution in [2.75, 3.05) is 0 Å². The van der Waals surface area contributed by atoms with Crippen LogP contribution in [0.15, 0.2) is 169 Å². The van der Waals surface area contributed by atoms with Crippen LogP contribution >= 0.6 is 0 Å². The van der Waals surface area contributed by atoms with Gasteiger partial charge in [-0.15, -0.1) is 0 Å². The van der Waals surface area contributed by atoms with Crippen LogP contribution in [0.25, 0.3) is 0 Å². The predicted molar refractivity (Wildman–Crippen MR) is 390 cm³/mol. The predicted octanol–water partition coefficient (Wildman–Crippen LogP) is 24.0. The molecule has 2 amide bonds. The van der Waals surface area contributed by atoms with Gasteiger partial charge in [0.25, 0.3) is 0 Å². The largest absolute Gasteiger partial charge is 0.507 e. The highest BCUT2D eigenvalue weighted by Crippen LogP contribution is 2.40. The van der Waals surface area contributed by atoms with Crippen molar-refractivity contribution >= 4 is 18.3 Å². The molecule has 0 bridgehead atoms. The van der Waals surface area contributed by atoms with Crippen LogP contribution < -0.4 is 20.1 Å². The van der Waals surface area contributed by atoms with Gasteiger partial charge in [-0.1, -0.05) is 275 Å². The van der Waals surface area contributed by atoms with E-state index in [4.69, 9.17) is 9.47 Å². The Kier molecular flexibility index (Phi) is 36.1. The normalized spacial score (nSPS) is 14.2. The molecule has 11 atom stereocenters. The number of hydrogen-bond donors (Lipinski definition) is 4. The Hall–Kier alpha value is -7.94. The van der Waals surface area contributed by atoms with Crippen LogP contribution in [0, 0.1) is 0 Å². The lowest BCUT2D eigenvalue weighted by atomic mass is 9.90. The molecule has 10 heteroatoms. The fourth-order valence-corrected chi connectivity index (χ4v) is 10.6. The lowest BCUT2D eigenvalue weighted by Gasteiger charge is -2.22. The van der Waals surface area contributed by atoms with E-state index in [-0.39, 0.29) is 18.1 Å². The topological polar surface area (TPSA) is 147 Å². The summed E-state index contributed by atoms with van der Waals surface area (Å²) in [4.78, 5) is 38.7. The average Bonchev–Trinajstić information content (AvgIpc) is 0.947. The van der Waals surface area contributed by atoms with Crippen molar-refractivity contribution in [2.45, 2.75) is 248 Å². The standard InChI is InChI=1S/2C23H31NO2.2C14H22O.C9H9NO/c2*1-6-16(3)20-14-11-15-21(17(4)7-2)22(20)26-23(25)24-18(5)19-12-9-8-10-13-19;2*1-5-10(3)12-8-7-9-13(14(12)15)11(4)6-2;1-8(10-7-11)9-5-3-2-4-6-9/h2*8-18H,6-7H2,1-5H3,(H,24,25);2*7-11,15H,5-6H2,1-4H3;2-6,8H,1H3/t2*16?,17?,18-;;;8-/m11..1/s1. The molecule has 0 radical (unpaired) electrons. The summed E-state index contributed by atoms with van der Waals surface area (Å²) in [7, 11) is 0. The quantitative estimate of drug-likeness (QED) is 0.0348. The van der Waals surface area contributed by atoms with Crippen LogP contribution in [0.1, 0.15) is 310 Å². The Morgan fingerprint density at radius 3 is 0.785 bits per heavy atom. The van der Waals surface area contributed by atoms with Crippen LogP contribution in [0.3, 0.4) is 0 Å². The summed E-state index contributed by atoms with van der Waals surface area (Å²) >= 11 is 0. The summed E-state index contributed by atoms with van der Waals surface area (Å²) in [6, 6.07) is 53.9. The number of phenols is 2. The molecule has 8 unspecified atom stereocenters. The molecule has 0 fully saturated rings. The van der Waals surface area contributed by atoms with Gasteiger partial charge in [-0.05, 0) is 181 Å². The maximum Gasteiger partial charge on any atom is 0.413 e. The third-order valence-electron chi connectivity index (χ3n) is 18.7. The Balaban J connectivity index is 0.000000315. The molecule has 0 aliphatic rings. The van der Waals surface area contributed by atoms with Gasteiger partial charge in [0.2, 0.25) is 6.08 Å². The van der Waals surface area contributed by atoms with Crippen LogP contribution in [0.5, 0.6) is 23.0 Å². The molecule has 0 spiro atoms. The Bertz CT molecular complexity index is 3000. The zero-order valence-electron chi connectivity index (χ0n) is 60.0. The maximum absolute atomic E-state index is 12.6. The molecule has 0 aromatic heterocycles. The fourth-order valence-electron chi connectivity index (χ4n) is 10.6. The zero-order valence-corrected chi connectivity index (χ0v) is 60.0. The number of ether oxygens (including phenoxy) is 2. The van der Waals surface area contributed by atoms with Crippen molar-refractivity contribution < 1.29 is 34.1 Å². The molecule has 0 saturated carbocycles. The number of hydrogen-bond acceptors (Lipinski definition) is 8. The van der Waals surface area contributed by atoms with Crippen LogP contribution in [0.4, 0.5) is 9.59 Å². The van der Waals surface area contributed by atoms with Gasteiger partial charge in [0.1, 0.15) is 23.0 Å². The number of isocyanates is 1. The summed E-state index contributed by atoms with van der Waals surface area (Å²) in [6.07, 6.45) is 9.02. The van der Waals surface area contributed by atoms with E-state index in [2.05, 4.69) is 175 Å². The van der Waals surface area contributed by atoms with E-state index in [1.165, 1.54) is 0 Å². The van der Waals surface area contributed by atoms with Gasteiger partial charge in [0.15, 0.2) is 0 Å². The molecule has 0 aliphatic heterocycles.